The quantitative estimate of drug-likeness (QED) is 0.429. The van der Waals surface area contributed by atoms with Crippen LogP contribution in [0.5, 0.6) is 0 Å². The van der Waals surface area contributed by atoms with E-state index in [1.165, 1.54) is 18.2 Å². The Morgan fingerprint density at radius 3 is 2.74 bits per heavy atom. The van der Waals surface area contributed by atoms with Gasteiger partial charge in [0.25, 0.3) is 5.91 Å². The average molecular weight is 376 g/mol. The summed E-state index contributed by atoms with van der Waals surface area (Å²) in [6.07, 6.45) is 1.67. The number of thiazole rings is 1. The number of pyridine rings is 1. The van der Waals surface area contributed by atoms with E-state index in [0.29, 0.717) is 0 Å². The number of hydrogen-bond acceptors (Lipinski definition) is 5. The lowest BCUT2D eigenvalue weighted by molar-refractivity contribution is 0.0991. The van der Waals surface area contributed by atoms with Crippen molar-refractivity contribution < 1.29 is 9.18 Å². The fraction of sp³-hybridized carbons (Fsp3) is 0.0500. The maximum atomic E-state index is 13.6. The number of azo groups is 1. The van der Waals surface area contributed by atoms with Crippen LogP contribution in [-0.4, -0.2) is 15.9 Å². The Morgan fingerprint density at radius 2 is 1.96 bits per heavy atom. The molecular formula is C20H13FN4OS. The van der Waals surface area contributed by atoms with E-state index in [2.05, 4.69) is 26.3 Å². The van der Waals surface area contributed by atoms with Crippen molar-refractivity contribution in [1.29, 1.82) is 0 Å². The number of nitrogens with zero attached hydrogens (tertiary/aromatic N) is 4. The monoisotopic (exact) mass is 376 g/mol. The Labute approximate surface area is 158 Å². The molecule has 0 aliphatic heterocycles. The minimum atomic E-state index is -0.746. The van der Waals surface area contributed by atoms with Gasteiger partial charge in [-0.2, -0.15) is 0 Å². The number of benzene rings is 2. The first-order valence-corrected chi connectivity index (χ1v) is 9.00. The molecule has 4 rings (SSSR count). The summed E-state index contributed by atoms with van der Waals surface area (Å²) < 4.78 is 14.7. The van der Waals surface area contributed by atoms with Crippen LogP contribution in [0.3, 0.4) is 0 Å². The van der Waals surface area contributed by atoms with Crippen molar-refractivity contribution in [3.8, 4) is 11.1 Å². The number of rotatable bonds is 3. The summed E-state index contributed by atoms with van der Waals surface area (Å²) in [5.41, 5.74) is 5.72. The first kappa shape index (κ1) is 17.1. The number of aromatic nitrogens is 2. The van der Waals surface area contributed by atoms with Crippen LogP contribution in [0.1, 0.15) is 15.9 Å². The van der Waals surface area contributed by atoms with Crippen molar-refractivity contribution in [2.75, 3.05) is 0 Å². The molecule has 0 saturated carbocycles. The van der Waals surface area contributed by atoms with E-state index < -0.39 is 11.7 Å². The van der Waals surface area contributed by atoms with Gasteiger partial charge < -0.3 is 0 Å². The summed E-state index contributed by atoms with van der Waals surface area (Å²) in [5, 5.41) is 7.36. The molecule has 5 nitrogen and oxygen atoms in total. The lowest BCUT2D eigenvalue weighted by atomic mass is 10.0. The minimum Gasteiger partial charge on any atom is -0.265 e. The van der Waals surface area contributed by atoms with E-state index in [-0.39, 0.29) is 11.4 Å². The van der Waals surface area contributed by atoms with Crippen LogP contribution in [0.25, 0.3) is 21.3 Å². The molecule has 0 saturated heterocycles. The zero-order chi connectivity index (χ0) is 18.8. The molecule has 0 aliphatic rings. The highest BCUT2D eigenvalue weighted by atomic mass is 32.1. The van der Waals surface area contributed by atoms with Gasteiger partial charge in [-0.3, -0.25) is 4.79 Å². The predicted octanol–water partition coefficient (Wildman–Crippen LogP) is 5.73. The van der Waals surface area contributed by atoms with Crippen molar-refractivity contribution in [3.63, 3.8) is 0 Å². The van der Waals surface area contributed by atoms with Crippen molar-refractivity contribution in [2.45, 2.75) is 6.92 Å². The van der Waals surface area contributed by atoms with Gasteiger partial charge in [0.05, 0.1) is 21.3 Å². The van der Waals surface area contributed by atoms with Crippen LogP contribution >= 0.6 is 11.3 Å². The van der Waals surface area contributed by atoms with Crippen LogP contribution in [0.2, 0.25) is 0 Å². The Bertz CT molecular complexity index is 1170. The zero-order valence-corrected chi connectivity index (χ0v) is 15.1. The second-order valence-corrected chi connectivity index (χ2v) is 6.76. The molecule has 0 N–H and O–H groups in total. The van der Waals surface area contributed by atoms with Crippen molar-refractivity contribution in [3.05, 3.63) is 77.2 Å². The molecule has 4 aromatic rings. The minimum absolute atomic E-state index is 0.120. The van der Waals surface area contributed by atoms with Crippen LogP contribution in [-0.2, 0) is 0 Å². The smallest absolute Gasteiger partial charge is 0.265 e. The highest BCUT2D eigenvalue weighted by molar-refractivity contribution is 7.16. The predicted molar refractivity (Wildman–Crippen MR) is 103 cm³/mol. The molecule has 0 aliphatic carbocycles. The normalized spacial score (nSPS) is 11.3. The lowest BCUT2D eigenvalue weighted by Crippen LogP contribution is -1.97. The maximum absolute atomic E-state index is 13.6. The third-order valence-electron chi connectivity index (χ3n) is 4.08. The van der Waals surface area contributed by atoms with E-state index in [9.17, 15) is 9.18 Å². The average Bonchev–Trinajstić information content (AvgIpc) is 3.13. The molecule has 0 bridgehead atoms. The topological polar surface area (TPSA) is 67.6 Å². The Balaban J connectivity index is 1.57. The zero-order valence-electron chi connectivity index (χ0n) is 14.3. The summed E-state index contributed by atoms with van der Waals surface area (Å²) >= 11 is 1.60. The van der Waals surface area contributed by atoms with E-state index in [4.69, 9.17) is 0 Å². The summed E-state index contributed by atoms with van der Waals surface area (Å²) in [6.45, 7) is 2.04. The molecule has 27 heavy (non-hydrogen) atoms. The van der Waals surface area contributed by atoms with E-state index in [0.717, 1.165) is 26.9 Å². The van der Waals surface area contributed by atoms with Gasteiger partial charge in [-0.1, -0.05) is 12.1 Å². The molecular weight excluding hydrogens is 363 g/mol. The van der Waals surface area contributed by atoms with E-state index in [1.54, 1.807) is 29.7 Å². The Kier molecular flexibility index (Phi) is 4.52. The van der Waals surface area contributed by atoms with Gasteiger partial charge in [0.15, 0.2) is 5.82 Å². The van der Waals surface area contributed by atoms with Gasteiger partial charge >= 0.3 is 0 Å². The number of amides is 1. The number of hydrogen-bond donors (Lipinski definition) is 0. The lowest BCUT2D eigenvalue weighted by Gasteiger charge is -2.06. The number of carbonyl (C=O) groups excluding carboxylic acids is 1. The fourth-order valence-electron chi connectivity index (χ4n) is 2.71. The van der Waals surface area contributed by atoms with Crippen LogP contribution < -0.4 is 0 Å². The van der Waals surface area contributed by atoms with Gasteiger partial charge in [-0.15, -0.1) is 21.6 Å². The number of carbonyl (C=O) groups is 1. The Morgan fingerprint density at radius 1 is 1.11 bits per heavy atom. The summed E-state index contributed by atoms with van der Waals surface area (Å²) in [6, 6.07) is 13.3. The van der Waals surface area contributed by atoms with Crippen molar-refractivity contribution in [1.82, 2.24) is 9.97 Å². The number of halogens is 1. The van der Waals surface area contributed by atoms with E-state index in [1.807, 2.05) is 24.6 Å². The molecule has 2 heterocycles. The third kappa shape index (κ3) is 3.50. The van der Waals surface area contributed by atoms with Crippen molar-refractivity contribution in [2.24, 2.45) is 10.2 Å². The molecule has 0 fully saturated rings. The first-order chi connectivity index (χ1) is 13.1. The molecule has 0 radical (unpaired) electrons. The molecule has 1 amide bonds. The third-order valence-corrected chi connectivity index (χ3v) is 4.88. The molecule has 2 aromatic heterocycles. The molecule has 0 atom stereocenters. The number of aryl methyl sites for hydroxylation is 1. The van der Waals surface area contributed by atoms with Crippen molar-refractivity contribution >= 4 is 33.3 Å². The summed E-state index contributed by atoms with van der Waals surface area (Å²) in [4.78, 5) is 20.5. The van der Waals surface area contributed by atoms with Gasteiger partial charge in [0, 0.05) is 11.8 Å². The van der Waals surface area contributed by atoms with Crippen LogP contribution in [0, 0.1) is 12.7 Å². The summed E-state index contributed by atoms with van der Waals surface area (Å²) in [7, 11) is 0. The fourth-order valence-corrected chi connectivity index (χ4v) is 3.46. The molecule has 0 spiro atoms. The summed E-state index contributed by atoms with van der Waals surface area (Å²) in [5.74, 6) is -1.10. The van der Waals surface area contributed by atoms with Gasteiger partial charge in [0.2, 0.25) is 0 Å². The van der Waals surface area contributed by atoms with E-state index >= 15 is 0 Å². The highest BCUT2D eigenvalue weighted by Gasteiger charge is 2.10. The first-order valence-electron chi connectivity index (χ1n) is 8.13. The second kappa shape index (κ2) is 7.13. The molecule has 132 valence electrons. The highest BCUT2D eigenvalue weighted by Crippen LogP contribution is 2.30. The number of fused-ring (bicyclic) bond motifs is 1. The standard InChI is InChI=1S/C20H13FN4OS/c1-12-8-18-17(23-11-27-18)9-15(12)13-6-7-19(22-10-13)24-25-20(26)14-4-2-3-5-16(14)21/h2-11H,1H3. The molecule has 0 unspecified atom stereocenters. The van der Waals surface area contributed by atoms with Gasteiger partial charge in [0.1, 0.15) is 5.82 Å². The largest absolute Gasteiger partial charge is 0.298 e. The maximum Gasteiger partial charge on any atom is 0.298 e. The van der Waals surface area contributed by atoms with Crippen LogP contribution in [0.15, 0.2) is 70.5 Å². The molecule has 7 heteroatoms. The molecule has 2 aromatic carbocycles. The van der Waals surface area contributed by atoms with Crippen LogP contribution in [0.4, 0.5) is 10.2 Å². The van der Waals surface area contributed by atoms with Gasteiger partial charge in [-0.25, -0.2) is 14.4 Å². The Hall–Kier alpha value is -3.32. The second-order valence-electron chi connectivity index (χ2n) is 5.88. The SMILES string of the molecule is Cc1cc2scnc2cc1-c1ccc(N=NC(=O)c2ccccc2F)nc1. The van der Waals surface area contributed by atoms with Gasteiger partial charge in [-0.05, 0) is 54.4 Å².